The zero-order valence-electron chi connectivity index (χ0n) is 17.8. The highest BCUT2D eigenvalue weighted by molar-refractivity contribution is 6.23. The minimum absolute atomic E-state index is 0.255. The molecule has 6 nitrogen and oxygen atoms in total. The molecule has 2 heterocycles. The number of ether oxygens (including phenoxy) is 1. The van der Waals surface area contributed by atoms with Crippen molar-refractivity contribution in [1.29, 1.82) is 0 Å². The summed E-state index contributed by atoms with van der Waals surface area (Å²) in [6, 6.07) is 25.9. The molecule has 32 heavy (non-hydrogen) atoms. The largest absolute Gasteiger partial charge is 0.494 e. The molecule has 0 radical (unpaired) electrons. The summed E-state index contributed by atoms with van der Waals surface area (Å²) in [5.74, 6) is -0.527. The van der Waals surface area contributed by atoms with E-state index >= 15 is 0 Å². The Morgan fingerprint density at radius 3 is 2.12 bits per heavy atom. The van der Waals surface area contributed by atoms with Crippen LogP contribution >= 0.6 is 0 Å². The average Bonchev–Trinajstić information content (AvgIpc) is 3.35. The Morgan fingerprint density at radius 1 is 0.812 bits per heavy atom. The number of anilines is 2. The van der Waals surface area contributed by atoms with Crippen molar-refractivity contribution in [2.75, 3.05) is 16.6 Å². The van der Waals surface area contributed by atoms with E-state index in [-0.39, 0.29) is 11.8 Å². The molecule has 3 aromatic rings. The number of para-hydroxylation sites is 1. The lowest BCUT2D eigenvalue weighted by Crippen LogP contribution is -2.37. The summed E-state index contributed by atoms with van der Waals surface area (Å²) in [6.07, 6.45) is 0.0357. The summed E-state index contributed by atoms with van der Waals surface area (Å²) in [5, 5.41) is 1.71. The highest BCUT2D eigenvalue weighted by Crippen LogP contribution is 2.47. The first-order chi connectivity index (χ1) is 15.7. The summed E-state index contributed by atoms with van der Waals surface area (Å²) in [4.78, 5) is 34.3. The van der Waals surface area contributed by atoms with Gasteiger partial charge in [-0.25, -0.2) is 9.96 Å². The van der Waals surface area contributed by atoms with E-state index in [0.717, 1.165) is 17.7 Å². The number of amides is 2. The van der Waals surface area contributed by atoms with Crippen LogP contribution in [0, 0.1) is 5.92 Å². The van der Waals surface area contributed by atoms with Gasteiger partial charge in [-0.05, 0) is 48.4 Å². The monoisotopic (exact) mass is 428 g/mol. The Morgan fingerprint density at radius 2 is 1.47 bits per heavy atom. The van der Waals surface area contributed by atoms with Gasteiger partial charge in [0.2, 0.25) is 5.91 Å². The van der Waals surface area contributed by atoms with Gasteiger partial charge >= 0.3 is 0 Å². The highest BCUT2D eigenvalue weighted by atomic mass is 16.7. The molecule has 162 valence electrons. The van der Waals surface area contributed by atoms with Gasteiger partial charge in [-0.2, -0.15) is 0 Å². The number of benzene rings is 3. The Hall–Kier alpha value is -3.64. The number of hydrogen-bond donors (Lipinski definition) is 0. The third-order valence-electron chi connectivity index (χ3n) is 5.83. The van der Waals surface area contributed by atoms with Crippen molar-refractivity contribution in [1.82, 2.24) is 0 Å². The lowest BCUT2D eigenvalue weighted by atomic mass is 9.90. The van der Waals surface area contributed by atoms with Gasteiger partial charge in [-0.15, -0.1) is 0 Å². The molecule has 0 aromatic heterocycles. The molecule has 6 heteroatoms. The SMILES string of the molecule is CCCOc1ccc(N2C(=O)[C@@H]3[C@H](ON(c4ccccc4)[C@H]3c3ccccc3)C2=O)cc1. The summed E-state index contributed by atoms with van der Waals surface area (Å²) in [7, 11) is 0. The molecule has 2 fully saturated rings. The van der Waals surface area contributed by atoms with E-state index in [0.29, 0.717) is 18.0 Å². The molecular formula is C26H24N2O4. The van der Waals surface area contributed by atoms with Crippen LogP contribution in [-0.4, -0.2) is 24.5 Å². The smallest absolute Gasteiger partial charge is 0.266 e. The molecule has 0 N–H and O–H groups in total. The Kier molecular flexibility index (Phi) is 5.37. The molecule has 2 aliphatic rings. The van der Waals surface area contributed by atoms with Gasteiger partial charge in [0.15, 0.2) is 6.10 Å². The summed E-state index contributed by atoms with van der Waals surface area (Å²) >= 11 is 0. The molecule has 2 amide bonds. The fourth-order valence-electron chi connectivity index (χ4n) is 4.37. The van der Waals surface area contributed by atoms with Crippen molar-refractivity contribution < 1.29 is 19.2 Å². The third kappa shape index (κ3) is 3.42. The molecule has 2 saturated heterocycles. The standard InChI is InChI=1S/C26H24N2O4/c1-2-17-31-21-15-13-19(14-16-21)27-25(29)22-23(18-9-5-3-6-10-18)28(32-24(22)26(27)30)20-11-7-4-8-12-20/h3-16,22-24H,2,17H2,1H3/t22-,23-,24-/m0/s1. The van der Waals surface area contributed by atoms with Crippen LogP contribution in [0.2, 0.25) is 0 Å². The van der Waals surface area contributed by atoms with Gasteiger partial charge in [0.25, 0.3) is 5.91 Å². The van der Waals surface area contributed by atoms with Gasteiger partial charge in [-0.3, -0.25) is 14.4 Å². The number of fused-ring (bicyclic) bond motifs is 1. The molecule has 0 spiro atoms. The van der Waals surface area contributed by atoms with Gasteiger partial charge in [0.05, 0.1) is 24.0 Å². The van der Waals surface area contributed by atoms with Crippen LogP contribution < -0.4 is 14.7 Å². The molecule has 0 aliphatic carbocycles. The molecule has 2 aliphatic heterocycles. The predicted octanol–water partition coefficient (Wildman–Crippen LogP) is 4.53. The van der Waals surface area contributed by atoms with Gasteiger partial charge in [0.1, 0.15) is 11.7 Å². The Bertz CT molecular complexity index is 1100. The number of hydroxylamine groups is 1. The predicted molar refractivity (Wildman–Crippen MR) is 121 cm³/mol. The van der Waals surface area contributed by atoms with E-state index < -0.39 is 18.1 Å². The molecule has 3 aromatic carbocycles. The topological polar surface area (TPSA) is 59.1 Å². The van der Waals surface area contributed by atoms with E-state index in [2.05, 4.69) is 0 Å². The minimum atomic E-state index is -0.871. The van der Waals surface area contributed by atoms with Crippen LogP contribution in [0.4, 0.5) is 11.4 Å². The van der Waals surface area contributed by atoms with E-state index in [1.165, 1.54) is 4.90 Å². The Balaban J connectivity index is 1.49. The van der Waals surface area contributed by atoms with Crippen LogP contribution in [0.3, 0.4) is 0 Å². The fraction of sp³-hybridized carbons (Fsp3) is 0.231. The maximum atomic E-state index is 13.6. The molecule has 0 bridgehead atoms. The third-order valence-corrected chi connectivity index (χ3v) is 5.83. The summed E-state index contributed by atoms with van der Waals surface area (Å²) < 4.78 is 5.62. The number of rotatable bonds is 6. The number of nitrogens with zero attached hydrogens (tertiary/aromatic N) is 2. The first kappa shape index (κ1) is 20.3. The summed E-state index contributed by atoms with van der Waals surface area (Å²) in [5.41, 5.74) is 2.26. The molecule has 3 atom stereocenters. The zero-order valence-corrected chi connectivity index (χ0v) is 17.8. The number of hydrogen-bond acceptors (Lipinski definition) is 5. The van der Waals surface area contributed by atoms with Crippen LogP contribution in [-0.2, 0) is 14.4 Å². The molecule has 0 saturated carbocycles. The van der Waals surface area contributed by atoms with Crippen molar-refractivity contribution in [3.63, 3.8) is 0 Å². The zero-order chi connectivity index (χ0) is 22.1. The van der Waals surface area contributed by atoms with Crippen LogP contribution in [0.1, 0.15) is 24.9 Å². The van der Waals surface area contributed by atoms with Crippen molar-refractivity contribution in [2.24, 2.45) is 5.92 Å². The second-order valence-electron chi connectivity index (χ2n) is 7.92. The van der Waals surface area contributed by atoms with Crippen molar-refractivity contribution in [3.05, 3.63) is 90.5 Å². The lowest BCUT2D eigenvalue weighted by molar-refractivity contribution is -0.126. The fourth-order valence-corrected chi connectivity index (χ4v) is 4.37. The van der Waals surface area contributed by atoms with E-state index in [1.54, 1.807) is 29.3 Å². The highest BCUT2D eigenvalue weighted by Gasteiger charge is 2.60. The second-order valence-corrected chi connectivity index (χ2v) is 7.92. The Labute approximate surface area is 186 Å². The molecular weight excluding hydrogens is 404 g/mol. The normalized spacial score (nSPS) is 22.3. The van der Waals surface area contributed by atoms with Crippen LogP contribution in [0.25, 0.3) is 0 Å². The maximum absolute atomic E-state index is 13.6. The summed E-state index contributed by atoms with van der Waals surface area (Å²) in [6.45, 7) is 2.66. The van der Waals surface area contributed by atoms with Crippen molar-refractivity contribution in [3.8, 4) is 5.75 Å². The van der Waals surface area contributed by atoms with Crippen LogP contribution in [0.15, 0.2) is 84.9 Å². The van der Waals surface area contributed by atoms with Crippen molar-refractivity contribution >= 4 is 23.2 Å². The average molecular weight is 428 g/mol. The van der Waals surface area contributed by atoms with Gasteiger partial charge < -0.3 is 4.74 Å². The molecule has 5 rings (SSSR count). The molecule has 0 unspecified atom stereocenters. The van der Waals surface area contributed by atoms with Crippen molar-refractivity contribution in [2.45, 2.75) is 25.5 Å². The maximum Gasteiger partial charge on any atom is 0.266 e. The first-order valence-electron chi connectivity index (χ1n) is 10.9. The lowest BCUT2D eigenvalue weighted by Gasteiger charge is -2.28. The van der Waals surface area contributed by atoms with E-state index in [9.17, 15) is 9.59 Å². The van der Waals surface area contributed by atoms with Crippen LogP contribution in [0.5, 0.6) is 5.75 Å². The first-order valence-corrected chi connectivity index (χ1v) is 10.9. The van der Waals surface area contributed by atoms with E-state index in [1.807, 2.05) is 67.6 Å². The van der Waals surface area contributed by atoms with Gasteiger partial charge in [-0.1, -0.05) is 55.5 Å². The van der Waals surface area contributed by atoms with E-state index in [4.69, 9.17) is 9.57 Å². The second kappa shape index (κ2) is 8.48. The number of carbonyl (C=O) groups excluding carboxylic acids is 2. The number of imide groups is 1. The minimum Gasteiger partial charge on any atom is -0.494 e. The quantitative estimate of drug-likeness (QED) is 0.540. The van der Waals surface area contributed by atoms with Gasteiger partial charge in [0, 0.05) is 0 Å². The number of carbonyl (C=O) groups is 2.